The zero-order valence-electron chi connectivity index (χ0n) is 8.95. The van der Waals surface area contributed by atoms with Crippen LogP contribution >= 0.6 is 0 Å². The van der Waals surface area contributed by atoms with Crippen molar-refractivity contribution in [2.24, 2.45) is 0 Å². The van der Waals surface area contributed by atoms with Gasteiger partial charge in [0.1, 0.15) is 0 Å². The van der Waals surface area contributed by atoms with Crippen molar-refractivity contribution >= 4 is 0 Å². The van der Waals surface area contributed by atoms with Crippen LogP contribution in [0.5, 0.6) is 0 Å². The fourth-order valence-electron chi connectivity index (χ4n) is 2.74. The quantitative estimate of drug-likeness (QED) is 0.737. The molecule has 3 rings (SSSR count). The van der Waals surface area contributed by atoms with Gasteiger partial charge in [-0.25, -0.2) is 0 Å². The predicted octanol–water partition coefficient (Wildman–Crippen LogP) is 0.974. The maximum atomic E-state index is 4.55. The summed E-state index contributed by atoms with van der Waals surface area (Å²) >= 11 is 0. The molecule has 15 heavy (non-hydrogen) atoms. The Morgan fingerprint density at radius 1 is 1.33 bits per heavy atom. The lowest BCUT2D eigenvalue weighted by Gasteiger charge is -2.32. The summed E-state index contributed by atoms with van der Waals surface area (Å²) in [6, 6.07) is 4.87. The molecule has 1 atom stereocenters. The smallest absolute Gasteiger partial charge is 0.0607 e. The van der Waals surface area contributed by atoms with Crippen molar-refractivity contribution in [1.82, 2.24) is 15.2 Å². The van der Waals surface area contributed by atoms with E-state index in [-0.39, 0.29) is 0 Å². The van der Waals surface area contributed by atoms with Gasteiger partial charge in [-0.2, -0.15) is 0 Å². The number of nitrogens with zero attached hydrogens (tertiary/aromatic N) is 2. The van der Waals surface area contributed by atoms with Crippen LogP contribution in [0.15, 0.2) is 18.3 Å². The molecule has 1 aliphatic carbocycles. The summed E-state index contributed by atoms with van der Waals surface area (Å²) in [5.41, 5.74) is 2.79. The van der Waals surface area contributed by atoms with Gasteiger partial charge in [-0.15, -0.1) is 0 Å². The molecule has 1 aromatic rings. The van der Waals surface area contributed by atoms with Gasteiger partial charge in [-0.05, 0) is 24.5 Å². The van der Waals surface area contributed by atoms with E-state index in [4.69, 9.17) is 0 Å². The lowest BCUT2D eigenvalue weighted by molar-refractivity contribution is 0.171. The van der Waals surface area contributed by atoms with Crippen LogP contribution in [0.25, 0.3) is 0 Å². The van der Waals surface area contributed by atoms with Crippen LogP contribution in [0.2, 0.25) is 0 Å². The van der Waals surface area contributed by atoms with Crippen molar-refractivity contribution in [3.05, 3.63) is 29.6 Å². The van der Waals surface area contributed by atoms with E-state index in [0.29, 0.717) is 6.04 Å². The number of hydrogen-bond donors (Lipinski definition) is 1. The van der Waals surface area contributed by atoms with Crippen molar-refractivity contribution in [1.29, 1.82) is 0 Å². The maximum absolute atomic E-state index is 4.55. The molecule has 0 aromatic carbocycles. The molecule has 0 unspecified atom stereocenters. The number of piperazine rings is 1. The lowest BCUT2D eigenvalue weighted by atomic mass is 10.1. The van der Waals surface area contributed by atoms with Gasteiger partial charge in [0.15, 0.2) is 0 Å². The van der Waals surface area contributed by atoms with Gasteiger partial charge < -0.3 is 5.32 Å². The van der Waals surface area contributed by atoms with Gasteiger partial charge in [0.05, 0.1) is 11.7 Å². The van der Waals surface area contributed by atoms with Crippen molar-refractivity contribution in [2.45, 2.75) is 18.9 Å². The van der Waals surface area contributed by atoms with E-state index < -0.39 is 0 Å². The van der Waals surface area contributed by atoms with Gasteiger partial charge in [0.2, 0.25) is 0 Å². The van der Waals surface area contributed by atoms with Crippen LogP contribution in [0.1, 0.15) is 23.7 Å². The Morgan fingerprint density at radius 3 is 3.07 bits per heavy atom. The lowest BCUT2D eigenvalue weighted by Crippen LogP contribution is -2.44. The van der Waals surface area contributed by atoms with Gasteiger partial charge in [-0.3, -0.25) is 9.88 Å². The van der Waals surface area contributed by atoms with Crippen LogP contribution in [0, 0.1) is 0 Å². The molecule has 80 valence electrons. The average molecular weight is 203 g/mol. The highest BCUT2D eigenvalue weighted by Gasteiger charge is 2.29. The largest absolute Gasteiger partial charge is 0.314 e. The van der Waals surface area contributed by atoms with Gasteiger partial charge in [0, 0.05) is 32.4 Å². The minimum absolute atomic E-state index is 0.586. The highest BCUT2D eigenvalue weighted by atomic mass is 15.2. The Balaban J connectivity index is 1.83. The maximum Gasteiger partial charge on any atom is 0.0607 e. The first-order valence-electron chi connectivity index (χ1n) is 5.84. The second kappa shape index (κ2) is 3.91. The Morgan fingerprint density at radius 2 is 2.20 bits per heavy atom. The number of pyridine rings is 1. The number of aryl methyl sites for hydroxylation is 1. The third-order valence-electron chi connectivity index (χ3n) is 3.52. The fourth-order valence-corrected chi connectivity index (χ4v) is 2.74. The summed E-state index contributed by atoms with van der Waals surface area (Å²) in [7, 11) is 0. The zero-order chi connectivity index (χ0) is 10.1. The van der Waals surface area contributed by atoms with Crippen LogP contribution in [0.4, 0.5) is 0 Å². The van der Waals surface area contributed by atoms with Crippen LogP contribution in [0.3, 0.4) is 0 Å². The molecule has 1 aliphatic heterocycles. The summed E-state index contributed by atoms with van der Waals surface area (Å²) < 4.78 is 0. The van der Waals surface area contributed by atoms with Crippen molar-refractivity contribution in [3.63, 3.8) is 0 Å². The number of rotatable bonds is 1. The molecule has 0 saturated carbocycles. The van der Waals surface area contributed by atoms with E-state index in [0.717, 1.165) is 13.1 Å². The molecule has 1 saturated heterocycles. The van der Waals surface area contributed by atoms with Gasteiger partial charge in [-0.1, -0.05) is 6.07 Å². The Labute approximate surface area is 90.5 Å². The monoisotopic (exact) mass is 203 g/mol. The van der Waals surface area contributed by atoms with Crippen molar-refractivity contribution in [2.75, 3.05) is 26.2 Å². The normalized spacial score (nSPS) is 26.5. The highest BCUT2D eigenvalue weighted by Crippen LogP contribution is 2.33. The highest BCUT2D eigenvalue weighted by molar-refractivity contribution is 5.28. The van der Waals surface area contributed by atoms with Crippen molar-refractivity contribution < 1.29 is 0 Å². The van der Waals surface area contributed by atoms with E-state index >= 15 is 0 Å². The molecule has 1 N–H and O–H groups in total. The number of aromatic nitrogens is 1. The minimum atomic E-state index is 0.586. The van der Waals surface area contributed by atoms with Gasteiger partial charge >= 0.3 is 0 Å². The molecule has 2 heterocycles. The summed E-state index contributed by atoms with van der Waals surface area (Å²) in [5, 5.41) is 3.40. The Bertz CT molecular complexity index is 344. The Hall–Kier alpha value is -0.930. The van der Waals surface area contributed by atoms with Crippen molar-refractivity contribution in [3.8, 4) is 0 Å². The average Bonchev–Trinajstić information content (AvgIpc) is 2.74. The van der Waals surface area contributed by atoms with E-state index in [2.05, 4.69) is 27.3 Å². The van der Waals surface area contributed by atoms with Crippen LogP contribution in [-0.4, -0.2) is 36.1 Å². The zero-order valence-corrected chi connectivity index (χ0v) is 8.95. The second-order valence-corrected chi connectivity index (χ2v) is 4.39. The number of hydrogen-bond acceptors (Lipinski definition) is 3. The summed E-state index contributed by atoms with van der Waals surface area (Å²) in [6.07, 6.45) is 4.39. The first-order chi connectivity index (χ1) is 7.45. The SMILES string of the molecule is c1cnc2c(c1)CC[C@@H]2N1CCNCC1. The molecular formula is C12H17N3. The fraction of sp³-hybridized carbons (Fsp3) is 0.583. The third kappa shape index (κ3) is 1.66. The van der Waals surface area contributed by atoms with E-state index in [1.807, 2.05) is 6.20 Å². The Kier molecular flexibility index (Phi) is 2.43. The van der Waals surface area contributed by atoms with Crippen LogP contribution in [-0.2, 0) is 6.42 Å². The van der Waals surface area contributed by atoms with E-state index in [1.165, 1.54) is 37.2 Å². The molecule has 0 spiro atoms. The summed E-state index contributed by atoms with van der Waals surface area (Å²) in [5.74, 6) is 0. The molecule has 0 amide bonds. The molecule has 0 bridgehead atoms. The predicted molar refractivity (Wildman–Crippen MR) is 59.7 cm³/mol. The number of nitrogens with one attached hydrogen (secondary N) is 1. The first-order valence-corrected chi connectivity index (χ1v) is 5.84. The van der Waals surface area contributed by atoms with E-state index in [1.54, 1.807) is 0 Å². The standard InChI is InChI=1S/C12H17N3/c1-2-10-3-4-11(12(10)14-5-1)15-8-6-13-7-9-15/h1-2,5,11,13H,3-4,6-9H2/t11-/m0/s1. The molecule has 1 aromatic heterocycles. The summed E-state index contributed by atoms with van der Waals surface area (Å²) in [6.45, 7) is 4.58. The second-order valence-electron chi connectivity index (χ2n) is 4.39. The molecule has 3 nitrogen and oxygen atoms in total. The third-order valence-corrected chi connectivity index (χ3v) is 3.52. The molecule has 0 radical (unpaired) electrons. The minimum Gasteiger partial charge on any atom is -0.314 e. The topological polar surface area (TPSA) is 28.2 Å². The first kappa shape index (κ1) is 9.31. The molecule has 3 heteroatoms. The summed E-state index contributed by atoms with van der Waals surface area (Å²) in [4.78, 5) is 7.13. The van der Waals surface area contributed by atoms with Crippen LogP contribution < -0.4 is 5.32 Å². The molecule has 2 aliphatic rings. The van der Waals surface area contributed by atoms with E-state index in [9.17, 15) is 0 Å². The molecular weight excluding hydrogens is 186 g/mol. The van der Waals surface area contributed by atoms with Gasteiger partial charge in [0.25, 0.3) is 0 Å². The number of fused-ring (bicyclic) bond motifs is 1. The molecule has 1 fully saturated rings.